The van der Waals surface area contributed by atoms with Gasteiger partial charge >= 0.3 is 0 Å². The smallest absolute Gasteiger partial charge is 0.253 e. The first-order valence-corrected chi connectivity index (χ1v) is 10.6. The van der Waals surface area contributed by atoms with Crippen LogP contribution in [0.3, 0.4) is 0 Å². The van der Waals surface area contributed by atoms with E-state index in [0.717, 1.165) is 11.1 Å². The lowest BCUT2D eigenvalue weighted by Crippen LogP contribution is -2.56. The SMILES string of the molecule is C=C/C=C(\C=C)CC(N)CC(=O)N1CCN(C(=O)C(O)C(N)Cc2ccccc2)CC1. The van der Waals surface area contributed by atoms with Crippen LogP contribution in [-0.4, -0.2) is 71.1 Å². The van der Waals surface area contributed by atoms with Crippen molar-refractivity contribution in [2.45, 2.75) is 37.5 Å². The number of amides is 2. The van der Waals surface area contributed by atoms with Gasteiger partial charge in [0.1, 0.15) is 6.10 Å². The first-order chi connectivity index (χ1) is 14.8. The molecular weight excluding hydrogens is 392 g/mol. The molecule has 1 aliphatic rings. The fraction of sp³-hybridized carbons (Fsp3) is 0.417. The summed E-state index contributed by atoms with van der Waals surface area (Å²) in [4.78, 5) is 28.5. The summed E-state index contributed by atoms with van der Waals surface area (Å²) in [6.07, 6.45) is 5.12. The zero-order chi connectivity index (χ0) is 22.8. The summed E-state index contributed by atoms with van der Waals surface area (Å²) in [6, 6.07) is 8.53. The minimum absolute atomic E-state index is 0.0389. The van der Waals surface area contributed by atoms with E-state index < -0.39 is 18.1 Å². The number of piperazine rings is 1. The third kappa shape index (κ3) is 7.47. The molecule has 0 aromatic heterocycles. The molecule has 1 saturated heterocycles. The van der Waals surface area contributed by atoms with E-state index in [9.17, 15) is 14.7 Å². The van der Waals surface area contributed by atoms with E-state index in [-0.39, 0.29) is 18.4 Å². The van der Waals surface area contributed by atoms with E-state index in [1.807, 2.05) is 36.4 Å². The molecule has 1 aromatic carbocycles. The zero-order valence-electron chi connectivity index (χ0n) is 18.0. The Morgan fingerprint density at radius 1 is 1.03 bits per heavy atom. The van der Waals surface area contributed by atoms with E-state index >= 15 is 0 Å². The van der Waals surface area contributed by atoms with Gasteiger partial charge in [-0.1, -0.05) is 61.7 Å². The summed E-state index contributed by atoms with van der Waals surface area (Å²) in [5.41, 5.74) is 14.1. The molecule has 5 N–H and O–H groups in total. The largest absolute Gasteiger partial charge is 0.382 e. The summed E-state index contributed by atoms with van der Waals surface area (Å²) in [7, 11) is 0. The van der Waals surface area contributed by atoms with Crippen LogP contribution >= 0.6 is 0 Å². The molecule has 1 fully saturated rings. The van der Waals surface area contributed by atoms with Gasteiger partial charge in [0.15, 0.2) is 0 Å². The fourth-order valence-electron chi connectivity index (χ4n) is 3.64. The van der Waals surface area contributed by atoms with Gasteiger partial charge < -0.3 is 26.4 Å². The molecule has 2 amide bonds. The Kier molecular flexibility index (Phi) is 9.65. The van der Waals surface area contributed by atoms with E-state index in [0.29, 0.717) is 39.0 Å². The highest BCUT2D eigenvalue weighted by Crippen LogP contribution is 2.13. The van der Waals surface area contributed by atoms with Gasteiger partial charge in [-0.05, 0) is 24.0 Å². The monoisotopic (exact) mass is 426 g/mol. The highest BCUT2D eigenvalue weighted by atomic mass is 16.3. The van der Waals surface area contributed by atoms with Gasteiger partial charge in [0.05, 0.1) is 0 Å². The van der Waals surface area contributed by atoms with Gasteiger partial charge in [0.25, 0.3) is 5.91 Å². The molecule has 168 valence electrons. The number of nitrogens with two attached hydrogens (primary N) is 2. The van der Waals surface area contributed by atoms with E-state index in [1.54, 1.807) is 22.0 Å². The first-order valence-electron chi connectivity index (χ1n) is 10.6. The first kappa shape index (κ1) is 24.5. The van der Waals surface area contributed by atoms with Gasteiger partial charge in [-0.25, -0.2) is 0 Å². The summed E-state index contributed by atoms with van der Waals surface area (Å²) in [5.74, 6) is -0.430. The number of aliphatic hydroxyl groups is 1. The average molecular weight is 427 g/mol. The molecule has 7 heteroatoms. The summed E-state index contributed by atoms with van der Waals surface area (Å²) in [5, 5.41) is 10.4. The predicted octanol–water partition coefficient (Wildman–Crippen LogP) is 0.994. The lowest BCUT2D eigenvalue weighted by atomic mass is 10.0. The van der Waals surface area contributed by atoms with Gasteiger partial charge in [0.2, 0.25) is 5.91 Å². The molecule has 7 nitrogen and oxygen atoms in total. The van der Waals surface area contributed by atoms with Crippen LogP contribution in [0.25, 0.3) is 0 Å². The number of carbonyl (C=O) groups excluding carboxylic acids is 2. The molecule has 0 radical (unpaired) electrons. The number of benzene rings is 1. The number of rotatable bonds is 10. The number of nitrogens with zero attached hydrogens (tertiary/aromatic N) is 2. The molecule has 2 rings (SSSR count). The van der Waals surface area contributed by atoms with Gasteiger partial charge in [-0.15, -0.1) is 0 Å². The van der Waals surface area contributed by atoms with Crippen molar-refractivity contribution in [1.82, 2.24) is 9.80 Å². The third-order valence-corrected chi connectivity index (χ3v) is 5.45. The number of hydrogen-bond donors (Lipinski definition) is 3. The van der Waals surface area contributed by atoms with Crippen LogP contribution in [-0.2, 0) is 16.0 Å². The molecule has 3 unspecified atom stereocenters. The summed E-state index contributed by atoms with van der Waals surface area (Å²) in [6.45, 7) is 8.95. The van der Waals surface area contributed by atoms with Crippen molar-refractivity contribution >= 4 is 11.8 Å². The van der Waals surface area contributed by atoms with Crippen LogP contribution in [0.1, 0.15) is 18.4 Å². The molecule has 3 atom stereocenters. The molecule has 0 spiro atoms. The maximum Gasteiger partial charge on any atom is 0.253 e. The maximum atomic E-state index is 12.6. The van der Waals surface area contributed by atoms with Crippen LogP contribution < -0.4 is 11.5 Å². The highest BCUT2D eigenvalue weighted by Gasteiger charge is 2.31. The predicted molar refractivity (Wildman–Crippen MR) is 123 cm³/mol. The van der Waals surface area contributed by atoms with Gasteiger partial charge in [-0.2, -0.15) is 0 Å². The van der Waals surface area contributed by atoms with Crippen molar-refractivity contribution < 1.29 is 14.7 Å². The molecule has 1 heterocycles. The van der Waals surface area contributed by atoms with Crippen molar-refractivity contribution in [3.63, 3.8) is 0 Å². The Morgan fingerprint density at radius 3 is 2.23 bits per heavy atom. The normalized spacial score (nSPS) is 17.6. The van der Waals surface area contributed by atoms with E-state index in [2.05, 4.69) is 13.2 Å². The van der Waals surface area contributed by atoms with Crippen LogP contribution in [0.2, 0.25) is 0 Å². The number of allylic oxidation sites excluding steroid dienone is 3. The van der Waals surface area contributed by atoms with Crippen LogP contribution in [0.4, 0.5) is 0 Å². The van der Waals surface area contributed by atoms with Gasteiger partial charge in [-0.3, -0.25) is 9.59 Å². The highest BCUT2D eigenvalue weighted by molar-refractivity contribution is 5.82. The molecule has 0 saturated carbocycles. The second kappa shape index (κ2) is 12.2. The molecule has 31 heavy (non-hydrogen) atoms. The van der Waals surface area contributed by atoms with Crippen LogP contribution in [0.5, 0.6) is 0 Å². The lowest BCUT2D eigenvalue weighted by Gasteiger charge is -2.36. The number of carbonyl (C=O) groups is 2. The molecular formula is C24H34N4O3. The third-order valence-electron chi connectivity index (χ3n) is 5.45. The topological polar surface area (TPSA) is 113 Å². The van der Waals surface area contributed by atoms with E-state index in [4.69, 9.17) is 11.5 Å². The van der Waals surface area contributed by atoms with Crippen LogP contribution in [0.15, 0.2) is 67.3 Å². The van der Waals surface area contributed by atoms with E-state index in [1.165, 1.54) is 0 Å². The van der Waals surface area contributed by atoms with Gasteiger partial charge in [0, 0.05) is 44.7 Å². The number of hydrogen-bond acceptors (Lipinski definition) is 5. The van der Waals surface area contributed by atoms with Crippen molar-refractivity contribution in [3.8, 4) is 0 Å². The molecule has 0 bridgehead atoms. The van der Waals surface area contributed by atoms with Crippen molar-refractivity contribution in [1.29, 1.82) is 0 Å². The Hall–Kier alpha value is -2.74. The second-order valence-corrected chi connectivity index (χ2v) is 7.85. The lowest BCUT2D eigenvalue weighted by molar-refractivity contribution is -0.146. The van der Waals surface area contributed by atoms with Crippen molar-refractivity contribution in [2.24, 2.45) is 11.5 Å². The van der Waals surface area contributed by atoms with Crippen LogP contribution in [0, 0.1) is 0 Å². The standard InChI is InChI=1S/C24H34N4O3/c1-3-8-18(4-2)15-20(25)17-22(29)27-11-13-28(14-12-27)24(31)23(30)21(26)16-19-9-6-5-7-10-19/h3-10,20-21,23,30H,1-2,11-17,25-26H2/b18-8+. The zero-order valence-corrected chi connectivity index (χ0v) is 18.0. The Morgan fingerprint density at radius 2 is 1.65 bits per heavy atom. The molecule has 1 aliphatic heterocycles. The minimum atomic E-state index is -1.27. The van der Waals surface area contributed by atoms with Crippen molar-refractivity contribution in [3.05, 3.63) is 72.9 Å². The minimum Gasteiger partial charge on any atom is -0.382 e. The molecule has 0 aliphatic carbocycles. The Bertz CT molecular complexity index is 785. The summed E-state index contributed by atoms with van der Waals surface area (Å²) >= 11 is 0. The quantitative estimate of drug-likeness (QED) is 0.483. The maximum absolute atomic E-state index is 12.6. The number of aliphatic hydroxyl groups excluding tert-OH is 1. The second-order valence-electron chi connectivity index (χ2n) is 7.85. The van der Waals surface area contributed by atoms with Crippen molar-refractivity contribution in [2.75, 3.05) is 26.2 Å². The molecule has 1 aromatic rings. The Labute approximate surface area is 184 Å². The summed E-state index contributed by atoms with van der Waals surface area (Å²) < 4.78 is 0. The fourth-order valence-corrected chi connectivity index (χ4v) is 3.64. The Balaban J connectivity index is 1.80. The average Bonchev–Trinajstić information content (AvgIpc) is 2.78.